The maximum absolute atomic E-state index is 12.8. The Morgan fingerprint density at radius 1 is 0.925 bits per heavy atom. The lowest BCUT2D eigenvalue weighted by atomic mass is 9.98. The maximum Gasteiger partial charge on any atom is 0.407 e. The number of hydrogen-bond acceptors (Lipinski definition) is 5. The van der Waals surface area contributed by atoms with Crippen molar-refractivity contribution >= 4 is 28.9 Å². The number of carboxylic acid groups (broad SMARTS) is 1. The molecule has 1 atom stereocenters. The number of carboxylic acids is 1. The number of benzene rings is 3. The molecule has 0 bridgehead atoms. The van der Waals surface area contributed by atoms with E-state index in [1.807, 2.05) is 72.8 Å². The van der Waals surface area contributed by atoms with Crippen molar-refractivity contribution in [1.82, 2.24) is 9.88 Å². The minimum Gasteiger partial charge on any atom is -0.480 e. The molecule has 0 aliphatic heterocycles. The zero-order chi connectivity index (χ0) is 28.4. The molecule has 5 rings (SSSR count). The summed E-state index contributed by atoms with van der Waals surface area (Å²) in [6.07, 6.45) is 0.956. The van der Waals surface area contributed by atoms with E-state index in [0.29, 0.717) is 5.56 Å². The van der Waals surface area contributed by atoms with Gasteiger partial charge in [0.1, 0.15) is 24.8 Å². The molecule has 2 N–H and O–H groups in total. The van der Waals surface area contributed by atoms with Crippen molar-refractivity contribution in [1.29, 1.82) is 0 Å². The van der Waals surface area contributed by atoms with Gasteiger partial charge in [-0.15, -0.1) is 0 Å². The SMILES string of the molecule is CC(C)(C)OC(=O)Cn1cc(C[C@@H](NC(=O)OCC2c3ccccc3-c3ccccc32)C(=O)O)c2ccccc21. The minimum absolute atomic E-state index is 0.0152. The van der Waals surface area contributed by atoms with E-state index in [0.717, 1.165) is 33.2 Å². The first kappa shape index (κ1) is 27.0. The molecule has 0 saturated heterocycles. The van der Waals surface area contributed by atoms with Gasteiger partial charge in [0.05, 0.1) is 0 Å². The molecular weight excluding hydrogens is 508 g/mol. The molecule has 0 radical (unpaired) electrons. The highest BCUT2D eigenvalue weighted by atomic mass is 16.6. The number of alkyl carbamates (subject to hydrolysis) is 1. The molecule has 0 unspecified atom stereocenters. The largest absolute Gasteiger partial charge is 0.480 e. The average Bonchev–Trinajstić information content (AvgIpc) is 3.41. The topological polar surface area (TPSA) is 107 Å². The van der Waals surface area contributed by atoms with Crippen LogP contribution in [0.5, 0.6) is 0 Å². The molecule has 1 aromatic heterocycles. The number of fused-ring (bicyclic) bond motifs is 4. The molecule has 8 nitrogen and oxygen atoms in total. The zero-order valence-electron chi connectivity index (χ0n) is 22.7. The summed E-state index contributed by atoms with van der Waals surface area (Å²) in [4.78, 5) is 37.4. The van der Waals surface area contributed by atoms with Crippen molar-refractivity contribution in [3.8, 4) is 11.1 Å². The standard InChI is InChI=1S/C32H32N2O6/c1-32(2,3)40-29(35)18-34-17-20(21-10-8-9-15-28(21)34)16-27(30(36)37)33-31(38)39-19-26-24-13-6-4-11-22(24)23-12-5-7-14-25(23)26/h4-15,17,26-27H,16,18-19H2,1-3H3,(H,33,38)(H,36,37)/t27-/m1/s1. The van der Waals surface area contributed by atoms with Gasteiger partial charge < -0.3 is 24.5 Å². The normalized spacial score (nSPS) is 13.4. The number of amides is 1. The first-order valence-electron chi connectivity index (χ1n) is 13.2. The van der Waals surface area contributed by atoms with Crippen molar-refractivity contribution in [3.05, 3.63) is 95.7 Å². The van der Waals surface area contributed by atoms with Crippen molar-refractivity contribution < 1.29 is 29.0 Å². The molecule has 3 aromatic carbocycles. The summed E-state index contributed by atoms with van der Waals surface area (Å²) in [5.41, 5.74) is 5.20. The summed E-state index contributed by atoms with van der Waals surface area (Å²) in [7, 11) is 0. The predicted molar refractivity (Wildman–Crippen MR) is 151 cm³/mol. The Morgan fingerprint density at radius 3 is 2.15 bits per heavy atom. The van der Waals surface area contributed by atoms with Gasteiger partial charge in [0.25, 0.3) is 0 Å². The number of hydrogen-bond donors (Lipinski definition) is 2. The average molecular weight is 541 g/mol. The van der Waals surface area contributed by atoms with Crippen LogP contribution in [0, 0.1) is 0 Å². The van der Waals surface area contributed by atoms with Crippen LogP contribution >= 0.6 is 0 Å². The van der Waals surface area contributed by atoms with Crippen LogP contribution in [0.25, 0.3) is 22.0 Å². The molecule has 1 aliphatic rings. The van der Waals surface area contributed by atoms with E-state index in [2.05, 4.69) is 5.32 Å². The fraction of sp³-hybridized carbons (Fsp3) is 0.281. The van der Waals surface area contributed by atoms with Gasteiger partial charge in [-0.3, -0.25) is 4.79 Å². The fourth-order valence-electron chi connectivity index (χ4n) is 5.33. The molecule has 8 heteroatoms. The molecule has 1 aliphatic carbocycles. The summed E-state index contributed by atoms with van der Waals surface area (Å²) < 4.78 is 12.8. The van der Waals surface area contributed by atoms with E-state index in [-0.39, 0.29) is 25.5 Å². The van der Waals surface area contributed by atoms with Crippen LogP contribution in [-0.2, 0) is 32.0 Å². The molecule has 1 heterocycles. The van der Waals surface area contributed by atoms with E-state index < -0.39 is 29.7 Å². The van der Waals surface area contributed by atoms with E-state index in [1.165, 1.54) is 0 Å². The summed E-state index contributed by atoms with van der Waals surface area (Å²) >= 11 is 0. The van der Waals surface area contributed by atoms with Crippen LogP contribution in [0.3, 0.4) is 0 Å². The fourth-order valence-corrected chi connectivity index (χ4v) is 5.33. The lowest BCUT2D eigenvalue weighted by Gasteiger charge is -2.19. The number of aromatic nitrogens is 1. The summed E-state index contributed by atoms with van der Waals surface area (Å²) in [5, 5.41) is 13.2. The summed E-state index contributed by atoms with van der Waals surface area (Å²) in [5.74, 6) is -1.71. The minimum atomic E-state index is -1.23. The zero-order valence-corrected chi connectivity index (χ0v) is 22.7. The smallest absolute Gasteiger partial charge is 0.407 e. The van der Waals surface area contributed by atoms with Crippen molar-refractivity contribution in [3.63, 3.8) is 0 Å². The lowest BCUT2D eigenvalue weighted by Crippen LogP contribution is -2.42. The number of ether oxygens (including phenoxy) is 2. The number of rotatable bonds is 8. The molecule has 1 amide bonds. The van der Waals surface area contributed by atoms with Gasteiger partial charge in [-0.25, -0.2) is 9.59 Å². The Kier molecular flexibility index (Phi) is 7.34. The Morgan fingerprint density at radius 2 is 1.52 bits per heavy atom. The molecule has 40 heavy (non-hydrogen) atoms. The third-order valence-electron chi connectivity index (χ3n) is 6.95. The van der Waals surface area contributed by atoms with Gasteiger partial charge in [-0.2, -0.15) is 0 Å². The van der Waals surface area contributed by atoms with E-state index in [9.17, 15) is 19.5 Å². The summed E-state index contributed by atoms with van der Waals surface area (Å²) in [6.45, 7) is 5.47. The highest BCUT2D eigenvalue weighted by molar-refractivity contribution is 5.87. The first-order chi connectivity index (χ1) is 19.1. The third-order valence-corrected chi connectivity index (χ3v) is 6.95. The number of nitrogens with one attached hydrogen (secondary N) is 1. The van der Waals surface area contributed by atoms with Crippen molar-refractivity contribution in [2.75, 3.05) is 6.61 Å². The van der Waals surface area contributed by atoms with Gasteiger partial charge in [0.15, 0.2) is 0 Å². The highest BCUT2D eigenvalue weighted by Gasteiger charge is 2.30. The van der Waals surface area contributed by atoms with Gasteiger partial charge in [0, 0.05) is 29.4 Å². The quantitative estimate of drug-likeness (QED) is 0.285. The van der Waals surface area contributed by atoms with Crippen LogP contribution in [0.2, 0.25) is 0 Å². The van der Waals surface area contributed by atoms with Crippen LogP contribution < -0.4 is 5.32 Å². The highest BCUT2D eigenvalue weighted by Crippen LogP contribution is 2.44. The maximum atomic E-state index is 12.8. The number of aliphatic carboxylic acids is 1. The Balaban J connectivity index is 1.29. The Labute approximate surface area is 232 Å². The second kappa shape index (κ2) is 10.9. The molecule has 206 valence electrons. The molecule has 0 fully saturated rings. The number of carbonyl (C=O) groups is 3. The number of nitrogens with zero attached hydrogens (tertiary/aromatic N) is 1. The van der Waals surface area contributed by atoms with Gasteiger partial charge in [-0.1, -0.05) is 66.7 Å². The molecule has 0 spiro atoms. The van der Waals surface area contributed by atoms with E-state index >= 15 is 0 Å². The second-order valence-electron chi connectivity index (χ2n) is 11.0. The third kappa shape index (κ3) is 5.71. The first-order valence-corrected chi connectivity index (χ1v) is 13.2. The van der Waals surface area contributed by atoms with Crippen LogP contribution in [-0.4, -0.2) is 46.0 Å². The van der Waals surface area contributed by atoms with Gasteiger partial charge in [-0.05, 0) is 54.7 Å². The van der Waals surface area contributed by atoms with Gasteiger partial charge in [0.2, 0.25) is 0 Å². The lowest BCUT2D eigenvalue weighted by molar-refractivity contribution is -0.155. The second-order valence-corrected chi connectivity index (χ2v) is 11.0. The summed E-state index contributed by atoms with van der Waals surface area (Å²) in [6, 6.07) is 22.2. The molecule has 4 aromatic rings. The Hall–Kier alpha value is -4.59. The van der Waals surface area contributed by atoms with E-state index in [1.54, 1.807) is 31.5 Å². The van der Waals surface area contributed by atoms with Crippen LogP contribution in [0.1, 0.15) is 43.4 Å². The van der Waals surface area contributed by atoms with Crippen LogP contribution in [0.4, 0.5) is 4.79 Å². The van der Waals surface area contributed by atoms with E-state index in [4.69, 9.17) is 9.47 Å². The molecule has 0 saturated carbocycles. The van der Waals surface area contributed by atoms with Crippen LogP contribution in [0.15, 0.2) is 79.0 Å². The van der Waals surface area contributed by atoms with Gasteiger partial charge >= 0.3 is 18.0 Å². The number of para-hydroxylation sites is 1. The number of carbonyl (C=O) groups excluding carboxylic acids is 2. The van der Waals surface area contributed by atoms with Crippen molar-refractivity contribution in [2.24, 2.45) is 0 Å². The Bertz CT molecular complexity index is 1540. The monoisotopic (exact) mass is 540 g/mol. The predicted octanol–water partition coefficient (Wildman–Crippen LogP) is 5.52. The molecular formula is C32H32N2O6. The number of esters is 1. The van der Waals surface area contributed by atoms with Crippen molar-refractivity contribution in [2.45, 2.75) is 51.3 Å².